The SMILES string of the molecule is Cc1c(-c2ccc(C(F)(F)F)cc2)nnc(N2CCN(c3cnc(C(=O)N4CCC5(CC4)OCCO5)cn3)[C@H](C)C2)c1C. The normalized spacial score (nSPS) is 20.6. The molecule has 228 valence electrons. The summed E-state index contributed by atoms with van der Waals surface area (Å²) >= 11 is 0. The van der Waals surface area contributed by atoms with Crippen molar-refractivity contribution < 1.29 is 27.4 Å². The van der Waals surface area contributed by atoms with E-state index in [0.717, 1.165) is 29.1 Å². The van der Waals surface area contributed by atoms with Crippen molar-refractivity contribution in [1.29, 1.82) is 0 Å². The predicted octanol–water partition coefficient (Wildman–Crippen LogP) is 4.26. The van der Waals surface area contributed by atoms with Gasteiger partial charge in [0.2, 0.25) is 0 Å². The van der Waals surface area contributed by atoms with Crippen LogP contribution >= 0.6 is 0 Å². The van der Waals surface area contributed by atoms with Crippen molar-refractivity contribution in [2.45, 2.75) is 51.6 Å². The third-order valence-electron chi connectivity index (χ3n) is 8.69. The quantitative estimate of drug-likeness (QED) is 0.437. The molecule has 3 aliphatic heterocycles. The Morgan fingerprint density at radius 3 is 2.23 bits per heavy atom. The molecule has 0 unspecified atom stereocenters. The molecule has 1 atom stereocenters. The highest BCUT2D eigenvalue weighted by atomic mass is 19.4. The number of ether oxygens (including phenoxy) is 2. The fourth-order valence-electron chi connectivity index (χ4n) is 6.05. The molecule has 0 N–H and O–H groups in total. The van der Waals surface area contributed by atoms with Crippen LogP contribution in [0.4, 0.5) is 24.8 Å². The molecule has 0 bridgehead atoms. The summed E-state index contributed by atoms with van der Waals surface area (Å²) in [7, 11) is 0. The lowest BCUT2D eigenvalue weighted by Crippen LogP contribution is -2.53. The van der Waals surface area contributed by atoms with Crippen molar-refractivity contribution in [2.24, 2.45) is 0 Å². The Labute approximate surface area is 247 Å². The number of halogens is 3. The molecule has 1 aromatic carbocycles. The summed E-state index contributed by atoms with van der Waals surface area (Å²) in [5.41, 5.74) is 2.58. The number of carbonyl (C=O) groups excluding carboxylic acids is 1. The number of rotatable bonds is 4. The van der Waals surface area contributed by atoms with Crippen LogP contribution in [0.5, 0.6) is 0 Å². The first-order valence-electron chi connectivity index (χ1n) is 14.5. The molecule has 1 spiro atoms. The Morgan fingerprint density at radius 2 is 1.63 bits per heavy atom. The third-order valence-corrected chi connectivity index (χ3v) is 8.69. The minimum atomic E-state index is -4.39. The van der Waals surface area contributed by atoms with E-state index in [1.807, 2.05) is 13.8 Å². The Balaban J connectivity index is 1.09. The van der Waals surface area contributed by atoms with Gasteiger partial charge in [0.05, 0.1) is 36.9 Å². The van der Waals surface area contributed by atoms with E-state index in [1.54, 1.807) is 17.3 Å². The third kappa shape index (κ3) is 5.75. The second-order valence-electron chi connectivity index (χ2n) is 11.3. The maximum absolute atomic E-state index is 13.0. The molecule has 0 aliphatic carbocycles. The Kier molecular flexibility index (Phi) is 7.71. The van der Waals surface area contributed by atoms with Crippen molar-refractivity contribution in [3.8, 4) is 11.3 Å². The highest BCUT2D eigenvalue weighted by Crippen LogP contribution is 2.34. The number of hydrogen-bond acceptors (Lipinski definition) is 9. The number of piperazine rings is 1. The van der Waals surface area contributed by atoms with E-state index < -0.39 is 17.5 Å². The fourth-order valence-corrected chi connectivity index (χ4v) is 6.05. The van der Waals surface area contributed by atoms with Gasteiger partial charge in [0.15, 0.2) is 11.6 Å². The standard InChI is InChI=1S/C30H34F3N7O3/c1-19-18-39(27-21(3)20(2)26(36-37-27)22-4-6-23(7-5-22)30(31,32)33)12-13-40(19)25-17-34-24(16-35-25)28(41)38-10-8-29(9-11-38)42-14-15-43-29/h4-7,16-17,19H,8-15,18H2,1-3H3/t19-/m1/s1. The van der Waals surface area contributed by atoms with Gasteiger partial charge in [0, 0.05) is 57.2 Å². The van der Waals surface area contributed by atoms with E-state index in [0.29, 0.717) is 81.5 Å². The van der Waals surface area contributed by atoms with E-state index >= 15 is 0 Å². The number of benzene rings is 1. The highest BCUT2D eigenvalue weighted by Gasteiger charge is 2.41. The highest BCUT2D eigenvalue weighted by molar-refractivity contribution is 5.92. The Hall–Kier alpha value is -3.84. The molecule has 2 aromatic heterocycles. The smallest absolute Gasteiger partial charge is 0.351 e. The second kappa shape index (κ2) is 11.3. The van der Waals surface area contributed by atoms with Crippen LogP contribution in [0.25, 0.3) is 11.3 Å². The molecule has 1 amide bonds. The van der Waals surface area contributed by atoms with Crippen LogP contribution in [0.15, 0.2) is 36.7 Å². The summed E-state index contributed by atoms with van der Waals surface area (Å²) in [6.45, 7) is 10.3. The molecule has 13 heteroatoms. The first-order valence-corrected chi connectivity index (χ1v) is 14.5. The minimum absolute atomic E-state index is 0.0744. The van der Waals surface area contributed by atoms with Crippen molar-refractivity contribution in [1.82, 2.24) is 25.1 Å². The minimum Gasteiger partial charge on any atom is -0.351 e. The number of nitrogens with zero attached hydrogens (tertiary/aromatic N) is 7. The molecule has 10 nitrogen and oxygen atoms in total. The van der Waals surface area contributed by atoms with E-state index in [2.05, 4.69) is 36.9 Å². The number of aromatic nitrogens is 4. The van der Waals surface area contributed by atoms with Crippen molar-refractivity contribution in [3.05, 3.63) is 59.0 Å². The number of amides is 1. The van der Waals surface area contributed by atoms with Gasteiger partial charge >= 0.3 is 6.18 Å². The summed E-state index contributed by atoms with van der Waals surface area (Å²) in [6.07, 6.45) is 0.103. The van der Waals surface area contributed by atoms with Gasteiger partial charge in [-0.25, -0.2) is 9.97 Å². The molecular weight excluding hydrogens is 563 g/mol. The van der Waals surface area contributed by atoms with Crippen LogP contribution in [-0.2, 0) is 15.7 Å². The van der Waals surface area contributed by atoms with Gasteiger partial charge in [-0.2, -0.15) is 13.2 Å². The zero-order valence-corrected chi connectivity index (χ0v) is 24.4. The number of piperidine rings is 1. The summed E-state index contributed by atoms with van der Waals surface area (Å²) in [6, 6.07) is 5.07. The van der Waals surface area contributed by atoms with E-state index in [4.69, 9.17) is 9.47 Å². The Bertz CT molecular complexity index is 1470. The van der Waals surface area contributed by atoms with Gasteiger partial charge in [-0.3, -0.25) is 4.79 Å². The summed E-state index contributed by atoms with van der Waals surface area (Å²) < 4.78 is 50.5. The van der Waals surface area contributed by atoms with Crippen LogP contribution in [-0.4, -0.2) is 88.7 Å². The maximum atomic E-state index is 13.0. The lowest BCUT2D eigenvalue weighted by molar-refractivity contribution is -0.181. The summed E-state index contributed by atoms with van der Waals surface area (Å²) in [5, 5.41) is 8.90. The average molecular weight is 598 g/mol. The van der Waals surface area contributed by atoms with E-state index in [1.165, 1.54) is 12.1 Å². The van der Waals surface area contributed by atoms with E-state index in [-0.39, 0.29) is 11.9 Å². The molecule has 0 saturated carbocycles. The maximum Gasteiger partial charge on any atom is 0.416 e. The van der Waals surface area contributed by atoms with Crippen molar-refractivity contribution >= 4 is 17.5 Å². The predicted molar refractivity (Wildman–Crippen MR) is 153 cm³/mol. The number of hydrogen-bond donors (Lipinski definition) is 0. The molecule has 0 radical (unpaired) electrons. The van der Waals surface area contributed by atoms with Crippen molar-refractivity contribution in [3.63, 3.8) is 0 Å². The second-order valence-corrected chi connectivity index (χ2v) is 11.3. The van der Waals surface area contributed by atoms with Crippen molar-refractivity contribution in [2.75, 3.05) is 55.7 Å². The van der Waals surface area contributed by atoms with Crippen LogP contribution < -0.4 is 9.80 Å². The number of carbonyl (C=O) groups is 1. The molecule has 5 heterocycles. The first-order chi connectivity index (χ1) is 20.5. The number of likely N-dealkylation sites (tertiary alicyclic amines) is 1. The number of alkyl halides is 3. The fraction of sp³-hybridized carbons (Fsp3) is 0.500. The lowest BCUT2D eigenvalue weighted by atomic mass is 10.0. The zero-order chi connectivity index (χ0) is 30.4. The topological polar surface area (TPSA) is 96.8 Å². The number of anilines is 2. The molecular formula is C30H34F3N7O3. The lowest BCUT2D eigenvalue weighted by Gasteiger charge is -2.41. The van der Waals surface area contributed by atoms with Gasteiger partial charge in [0.1, 0.15) is 11.5 Å². The summed E-state index contributed by atoms with van der Waals surface area (Å²) in [5.74, 6) is 0.768. The molecule has 43 heavy (non-hydrogen) atoms. The van der Waals surface area contributed by atoms with Gasteiger partial charge in [0.25, 0.3) is 5.91 Å². The van der Waals surface area contributed by atoms with Gasteiger partial charge < -0.3 is 24.2 Å². The molecule has 3 aliphatic rings. The van der Waals surface area contributed by atoms with Crippen LogP contribution in [0, 0.1) is 13.8 Å². The van der Waals surface area contributed by atoms with Gasteiger partial charge in [-0.15, -0.1) is 10.2 Å². The van der Waals surface area contributed by atoms with E-state index in [9.17, 15) is 18.0 Å². The molecule has 3 saturated heterocycles. The largest absolute Gasteiger partial charge is 0.416 e. The van der Waals surface area contributed by atoms with Gasteiger partial charge in [-0.1, -0.05) is 12.1 Å². The molecule has 3 fully saturated rings. The molecule has 3 aromatic rings. The monoisotopic (exact) mass is 597 g/mol. The van der Waals surface area contributed by atoms with Crippen LogP contribution in [0.1, 0.15) is 46.9 Å². The molecule has 6 rings (SSSR count). The van der Waals surface area contributed by atoms with Gasteiger partial charge in [-0.05, 0) is 44.0 Å². The van der Waals surface area contributed by atoms with Crippen LogP contribution in [0.3, 0.4) is 0 Å². The van der Waals surface area contributed by atoms with Crippen LogP contribution in [0.2, 0.25) is 0 Å². The first kappa shape index (κ1) is 29.2. The Morgan fingerprint density at radius 1 is 0.930 bits per heavy atom. The summed E-state index contributed by atoms with van der Waals surface area (Å²) in [4.78, 5) is 28.2. The average Bonchev–Trinajstić information content (AvgIpc) is 3.46. The zero-order valence-electron chi connectivity index (χ0n) is 24.4.